The van der Waals surface area contributed by atoms with E-state index in [1.807, 2.05) is 31.2 Å². The highest BCUT2D eigenvalue weighted by Gasteiger charge is 2.21. The molecule has 0 saturated carbocycles. The Balaban J connectivity index is 1.80. The smallest absolute Gasteiger partial charge is 0.233 e. The summed E-state index contributed by atoms with van der Waals surface area (Å²) in [4.78, 5) is 18.4. The summed E-state index contributed by atoms with van der Waals surface area (Å²) in [5.41, 5.74) is 1.22. The van der Waals surface area contributed by atoms with E-state index in [0.717, 1.165) is 44.2 Å². The number of benzene rings is 1. The van der Waals surface area contributed by atoms with Gasteiger partial charge in [0.1, 0.15) is 11.9 Å². The van der Waals surface area contributed by atoms with Gasteiger partial charge in [0, 0.05) is 32.7 Å². The first kappa shape index (κ1) is 22.0. The molecule has 28 heavy (non-hydrogen) atoms. The van der Waals surface area contributed by atoms with Crippen molar-refractivity contribution in [1.82, 2.24) is 20.9 Å². The molecule has 3 N–H and O–H groups in total. The second kappa shape index (κ2) is 11.5. The third-order valence-corrected chi connectivity index (χ3v) is 4.78. The Kier molecular flexibility index (Phi) is 9.07. The van der Waals surface area contributed by atoms with Gasteiger partial charge >= 0.3 is 0 Å². The minimum atomic E-state index is -0.00688. The maximum atomic E-state index is 11.5. The van der Waals surface area contributed by atoms with Crippen molar-refractivity contribution in [3.05, 3.63) is 29.8 Å². The van der Waals surface area contributed by atoms with Crippen LogP contribution in [0.15, 0.2) is 29.3 Å². The maximum absolute atomic E-state index is 11.5. The van der Waals surface area contributed by atoms with Crippen LogP contribution < -0.4 is 20.7 Å². The first-order valence-corrected chi connectivity index (χ1v) is 10.2. The molecule has 0 bridgehead atoms. The number of likely N-dealkylation sites (tertiary alicyclic amines) is 1. The van der Waals surface area contributed by atoms with E-state index < -0.39 is 0 Å². The number of likely N-dealkylation sites (N-methyl/N-ethyl adjacent to an activating group) is 1. The monoisotopic (exact) mass is 389 g/mol. The van der Waals surface area contributed by atoms with Crippen LogP contribution in [-0.2, 0) is 4.79 Å². The van der Waals surface area contributed by atoms with Crippen LogP contribution in [0.25, 0.3) is 0 Å². The molecule has 1 aliphatic rings. The molecule has 1 aromatic carbocycles. The molecule has 2 rings (SSSR count). The Hall–Kier alpha value is -2.28. The average Bonchev–Trinajstić information content (AvgIpc) is 2.69. The van der Waals surface area contributed by atoms with Crippen LogP contribution in [0.1, 0.15) is 32.3 Å². The molecule has 1 aromatic rings. The number of rotatable bonds is 8. The molecular weight excluding hydrogens is 354 g/mol. The first-order valence-electron chi connectivity index (χ1n) is 10.2. The average molecular weight is 390 g/mol. The lowest BCUT2D eigenvalue weighted by Crippen LogP contribution is -2.50. The third kappa shape index (κ3) is 7.76. The number of aliphatic imine (C=N–C) groups is 1. The number of ether oxygens (including phenoxy) is 1. The highest BCUT2D eigenvalue weighted by Crippen LogP contribution is 2.13. The van der Waals surface area contributed by atoms with E-state index in [0.29, 0.717) is 19.1 Å². The Labute approximate surface area is 168 Å². The molecule has 1 heterocycles. The topological polar surface area (TPSA) is 78.0 Å². The molecule has 0 spiro atoms. The molecule has 1 amide bonds. The summed E-state index contributed by atoms with van der Waals surface area (Å²) in [7, 11) is 1.68. The molecule has 1 atom stereocenters. The fourth-order valence-electron chi connectivity index (χ4n) is 3.14. The zero-order valence-electron chi connectivity index (χ0n) is 17.6. The number of amides is 1. The standard InChI is InChI=1S/C21H35N5O2/c1-5-23-21(24-14-17(3)28-19-8-6-16(2)7-9-19)25-18-10-12-26(13-11-18)15-20(27)22-4/h6-9,17-18H,5,10-15H2,1-4H3,(H,22,27)(H2,23,24,25). The zero-order valence-corrected chi connectivity index (χ0v) is 17.6. The Morgan fingerprint density at radius 3 is 2.57 bits per heavy atom. The molecule has 156 valence electrons. The molecule has 1 unspecified atom stereocenters. The molecule has 1 saturated heterocycles. The van der Waals surface area contributed by atoms with Crippen molar-refractivity contribution >= 4 is 11.9 Å². The van der Waals surface area contributed by atoms with Crippen molar-refractivity contribution in [3.8, 4) is 5.75 Å². The summed E-state index contributed by atoms with van der Waals surface area (Å²) in [6.45, 7) is 9.86. The second-order valence-electron chi connectivity index (χ2n) is 7.33. The van der Waals surface area contributed by atoms with E-state index >= 15 is 0 Å². The van der Waals surface area contributed by atoms with E-state index in [4.69, 9.17) is 9.73 Å². The van der Waals surface area contributed by atoms with Gasteiger partial charge in [-0.2, -0.15) is 0 Å². The van der Waals surface area contributed by atoms with Gasteiger partial charge in [-0.05, 0) is 45.7 Å². The van der Waals surface area contributed by atoms with Gasteiger partial charge in [-0.3, -0.25) is 9.69 Å². The Bertz CT molecular complexity index is 624. The van der Waals surface area contributed by atoms with Gasteiger partial charge in [0.15, 0.2) is 5.96 Å². The highest BCUT2D eigenvalue weighted by molar-refractivity contribution is 5.80. The van der Waals surface area contributed by atoms with Crippen LogP contribution in [0.3, 0.4) is 0 Å². The lowest BCUT2D eigenvalue weighted by Gasteiger charge is -2.32. The molecule has 0 radical (unpaired) electrons. The summed E-state index contributed by atoms with van der Waals surface area (Å²) >= 11 is 0. The predicted octanol–water partition coefficient (Wildman–Crippen LogP) is 1.53. The summed E-state index contributed by atoms with van der Waals surface area (Å²) < 4.78 is 5.94. The SMILES string of the molecule is CCNC(=NCC(C)Oc1ccc(C)cc1)NC1CCN(CC(=O)NC)CC1. The minimum Gasteiger partial charge on any atom is -0.489 e. The maximum Gasteiger partial charge on any atom is 0.233 e. The van der Waals surface area contributed by atoms with Crippen LogP contribution in [-0.4, -0.2) is 68.7 Å². The van der Waals surface area contributed by atoms with Gasteiger partial charge in [-0.1, -0.05) is 17.7 Å². The van der Waals surface area contributed by atoms with Crippen molar-refractivity contribution in [2.24, 2.45) is 4.99 Å². The highest BCUT2D eigenvalue weighted by atomic mass is 16.5. The molecule has 1 fully saturated rings. The van der Waals surface area contributed by atoms with Gasteiger partial charge in [0.2, 0.25) is 5.91 Å². The van der Waals surface area contributed by atoms with Gasteiger partial charge in [0.05, 0.1) is 13.1 Å². The summed E-state index contributed by atoms with van der Waals surface area (Å²) in [6.07, 6.45) is 1.99. The summed E-state index contributed by atoms with van der Waals surface area (Å²) in [5, 5.41) is 9.52. The summed E-state index contributed by atoms with van der Waals surface area (Å²) in [6, 6.07) is 8.45. The number of carbonyl (C=O) groups excluding carboxylic acids is 1. The van der Waals surface area contributed by atoms with E-state index in [1.54, 1.807) is 7.05 Å². The molecule has 7 heteroatoms. The number of piperidine rings is 1. The van der Waals surface area contributed by atoms with Crippen LogP contribution in [0.5, 0.6) is 5.75 Å². The molecule has 0 aliphatic carbocycles. The molecular formula is C21H35N5O2. The largest absolute Gasteiger partial charge is 0.489 e. The predicted molar refractivity (Wildman–Crippen MR) is 114 cm³/mol. The Morgan fingerprint density at radius 1 is 1.29 bits per heavy atom. The van der Waals surface area contributed by atoms with Crippen molar-refractivity contribution in [1.29, 1.82) is 0 Å². The van der Waals surface area contributed by atoms with Crippen molar-refractivity contribution in [2.45, 2.75) is 45.8 Å². The fourth-order valence-corrected chi connectivity index (χ4v) is 3.14. The van der Waals surface area contributed by atoms with Crippen molar-refractivity contribution in [2.75, 3.05) is 39.8 Å². The number of nitrogens with one attached hydrogen (secondary N) is 3. The molecule has 1 aliphatic heterocycles. The molecule has 0 aromatic heterocycles. The lowest BCUT2D eigenvalue weighted by atomic mass is 10.1. The van der Waals surface area contributed by atoms with E-state index in [2.05, 4.69) is 34.7 Å². The minimum absolute atomic E-state index is 0.00688. The van der Waals surface area contributed by atoms with E-state index in [1.165, 1.54) is 5.56 Å². The number of hydrogen-bond acceptors (Lipinski definition) is 4. The zero-order chi connectivity index (χ0) is 20.4. The van der Waals surface area contributed by atoms with Crippen LogP contribution >= 0.6 is 0 Å². The van der Waals surface area contributed by atoms with E-state index in [9.17, 15) is 4.79 Å². The second-order valence-corrected chi connectivity index (χ2v) is 7.33. The summed E-state index contributed by atoms with van der Waals surface area (Å²) in [5.74, 6) is 1.77. The Morgan fingerprint density at radius 2 is 1.96 bits per heavy atom. The number of guanidine groups is 1. The van der Waals surface area contributed by atoms with Gasteiger partial charge in [-0.25, -0.2) is 4.99 Å². The lowest BCUT2D eigenvalue weighted by molar-refractivity contribution is -0.122. The quantitative estimate of drug-likeness (QED) is 0.464. The normalized spacial score (nSPS) is 17.1. The van der Waals surface area contributed by atoms with Crippen molar-refractivity contribution in [3.63, 3.8) is 0 Å². The van der Waals surface area contributed by atoms with Crippen LogP contribution in [0, 0.1) is 6.92 Å². The third-order valence-electron chi connectivity index (χ3n) is 4.78. The van der Waals surface area contributed by atoms with Gasteiger partial charge in [0.25, 0.3) is 0 Å². The van der Waals surface area contributed by atoms with Crippen molar-refractivity contribution < 1.29 is 9.53 Å². The molecule has 7 nitrogen and oxygen atoms in total. The number of nitrogens with zero attached hydrogens (tertiary/aromatic N) is 2. The first-order chi connectivity index (χ1) is 13.5. The number of aryl methyl sites for hydroxylation is 1. The van der Waals surface area contributed by atoms with Gasteiger partial charge < -0.3 is 20.7 Å². The van der Waals surface area contributed by atoms with Gasteiger partial charge in [-0.15, -0.1) is 0 Å². The van der Waals surface area contributed by atoms with Crippen LogP contribution in [0.4, 0.5) is 0 Å². The fraction of sp³-hybridized carbons (Fsp3) is 0.619. The van der Waals surface area contributed by atoms with Crippen LogP contribution in [0.2, 0.25) is 0 Å². The number of carbonyl (C=O) groups is 1. The number of hydrogen-bond donors (Lipinski definition) is 3. The van der Waals surface area contributed by atoms with E-state index in [-0.39, 0.29) is 12.0 Å².